The molecule has 1 aliphatic carbocycles. The Balaban J connectivity index is 1.37. The fourth-order valence-corrected chi connectivity index (χ4v) is 5.41. The number of ether oxygens (including phenoxy) is 1. The van der Waals surface area contributed by atoms with Crippen LogP contribution in [0.3, 0.4) is 0 Å². The van der Waals surface area contributed by atoms with E-state index in [2.05, 4.69) is 39.8 Å². The molecule has 1 fully saturated rings. The van der Waals surface area contributed by atoms with Crippen LogP contribution in [0.2, 0.25) is 0 Å². The maximum atomic E-state index is 13.6. The van der Waals surface area contributed by atoms with Crippen LogP contribution in [0.4, 0.5) is 21.5 Å². The van der Waals surface area contributed by atoms with Crippen LogP contribution in [-0.4, -0.2) is 32.1 Å². The number of allylic oxidation sites excluding steroid dienone is 1. The van der Waals surface area contributed by atoms with E-state index in [1.165, 1.54) is 17.8 Å². The molecule has 3 aromatic carbocycles. The average Bonchev–Trinajstić information content (AvgIpc) is 3.07. The number of nitrogens with zero attached hydrogens (tertiary/aromatic N) is 1. The Hall–Kier alpha value is -3.64. The third kappa shape index (κ3) is 4.30. The number of anilines is 3. The first kappa shape index (κ1) is 21.9. The van der Waals surface area contributed by atoms with Crippen LogP contribution >= 0.6 is 0 Å². The quantitative estimate of drug-likeness (QED) is 0.520. The fraction of sp³-hybridized carbons (Fsp3) is 0.276. The highest BCUT2D eigenvalue weighted by atomic mass is 19.1. The molecule has 1 saturated heterocycles. The monoisotopic (exact) mass is 469 g/mol. The van der Waals surface area contributed by atoms with Crippen molar-refractivity contribution in [3.8, 4) is 0 Å². The lowest BCUT2D eigenvalue weighted by atomic mass is 9.78. The van der Waals surface area contributed by atoms with Crippen molar-refractivity contribution in [3.63, 3.8) is 0 Å². The van der Waals surface area contributed by atoms with Gasteiger partial charge in [-0.05, 0) is 59.9 Å². The number of carbonyl (C=O) groups excluding carboxylic acids is 1. The molecule has 3 aliphatic rings. The predicted molar refractivity (Wildman–Crippen MR) is 136 cm³/mol. The molecule has 2 unspecified atom stereocenters. The lowest BCUT2D eigenvalue weighted by Crippen LogP contribution is -2.36. The Labute approximate surface area is 204 Å². The molecule has 0 bridgehead atoms. The smallest absolute Gasteiger partial charge is 0.163 e. The van der Waals surface area contributed by atoms with Gasteiger partial charge in [-0.25, -0.2) is 4.39 Å². The number of fused-ring (bicyclic) bond motifs is 1. The number of halogens is 1. The molecule has 35 heavy (non-hydrogen) atoms. The van der Waals surface area contributed by atoms with E-state index in [9.17, 15) is 9.18 Å². The van der Waals surface area contributed by atoms with Crippen molar-refractivity contribution in [2.75, 3.05) is 41.8 Å². The van der Waals surface area contributed by atoms with Crippen LogP contribution in [0.25, 0.3) is 0 Å². The number of Topliss-reactive ketones (excluding diaryl/α,β-unsaturated/α-hetero) is 1. The highest BCUT2D eigenvalue weighted by Crippen LogP contribution is 2.44. The summed E-state index contributed by atoms with van der Waals surface area (Å²) in [6.07, 6.45) is 1.11. The number of nitrogens with one attached hydrogen (secondary N) is 2. The zero-order valence-electron chi connectivity index (χ0n) is 19.5. The molecule has 178 valence electrons. The minimum absolute atomic E-state index is 0.0176. The maximum Gasteiger partial charge on any atom is 0.163 e. The van der Waals surface area contributed by atoms with Crippen molar-refractivity contribution in [1.82, 2.24) is 0 Å². The van der Waals surface area contributed by atoms with Gasteiger partial charge in [-0.1, -0.05) is 36.4 Å². The SMILES string of the molecule is O=C1CC(c2ccc(F)cc2)CC2=C1C(c1ccc(N3CCOCC3)cc1)Nc1ccccc1N2. The number of carbonyl (C=O) groups is 1. The lowest BCUT2D eigenvalue weighted by molar-refractivity contribution is -0.116. The van der Waals surface area contributed by atoms with Crippen molar-refractivity contribution >= 4 is 22.8 Å². The second-order valence-electron chi connectivity index (χ2n) is 9.41. The largest absolute Gasteiger partial charge is 0.378 e. The number of benzene rings is 3. The van der Waals surface area contributed by atoms with Gasteiger partial charge >= 0.3 is 0 Å². The first-order valence-electron chi connectivity index (χ1n) is 12.2. The van der Waals surface area contributed by atoms with Gasteiger partial charge in [-0.2, -0.15) is 0 Å². The summed E-state index contributed by atoms with van der Waals surface area (Å²) in [6, 6.07) is 22.9. The summed E-state index contributed by atoms with van der Waals surface area (Å²) in [5.74, 6) is -0.123. The molecule has 2 N–H and O–H groups in total. The number of hydrogen-bond donors (Lipinski definition) is 2. The first-order valence-corrected chi connectivity index (χ1v) is 12.2. The van der Waals surface area contributed by atoms with Crippen molar-refractivity contribution in [2.24, 2.45) is 0 Å². The number of ketones is 1. The van der Waals surface area contributed by atoms with Gasteiger partial charge < -0.3 is 20.3 Å². The van der Waals surface area contributed by atoms with Gasteiger partial charge in [0.05, 0.1) is 30.6 Å². The summed E-state index contributed by atoms with van der Waals surface area (Å²) >= 11 is 0. The Morgan fingerprint density at radius 1 is 0.829 bits per heavy atom. The molecule has 2 atom stereocenters. The summed E-state index contributed by atoms with van der Waals surface area (Å²) in [7, 11) is 0. The Bertz CT molecular complexity index is 1260. The van der Waals surface area contributed by atoms with Gasteiger partial charge in [-0.15, -0.1) is 0 Å². The van der Waals surface area contributed by atoms with E-state index in [0.717, 1.165) is 60.1 Å². The van der Waals surface area contributed by atoms with Crippen LogP contribution in [0.5, 0.6) is 0 Å². The molecular weight excluding hydrogens is 441 g/mol. The fourth-order valence-electron chi connectivity index (χ4n) is 5.41. The summed E-state index contributed by atoms with van der Waals surface area (Å²) in [4.78, 5) is 16.0. The Kier molecular flexibility index (Phi) is 5.74. The Morgan fingerprint density at radius 3 is 2.26 bits per heavy atom. The molecule has 2 aliphatic heterocycles. The Morgan fingerprint density at radius 2 is 1.51 bits per heavy atom. The van der Waals surface area contributed by atoms with Gasteiger partial charge in [0.2, 0.25) is 0 Å². The van der Waals surface area contributed by atoms with E-state index in [1.807, 2.05) is 24.3 Å². The summed E-state index contributed by atoms with van der Waals surface area (Å²) in [5, 5.41) is 7.21. The van der Waals surface area contributed by atoms with Crippen molar-refractivity contribution < 1.29 is 13.9 Å². The van der Waals surface area contributed by atoms with Gasteiger partial charge in [0.25, 0.3) is 0 Å². The average molecular weight is 470 g/mol. The molecule has 0 saturated carbocycles. The molecule has 5 nitrogen and oxygen atoms in total. The van der Waals surface area contributed by atoms with Gasteiger partial charge in [0.15, 0.2) is 5.78 Å². The topological polar surface area (TPSA) is 53.6 Å². The first-order chi connectivity index (χ1) is 17.2. The molecule has 0 spiro atoms. The number of rotatable bonds is 3. The summed E-state index contributed by atoms with van der Waals surface area (Å²) in [6.45, 7) is 3.26. The van der Waals surface area contributed by atoms with Gasteiger partial charge in [0.1, 0.15) is 5.82 Å². The third-order valence-electron chi connectivity index (χ3n) is 7.25. The van der Waals surface area contributed by atoms with Crippen LogP contribution < -0.4 is 15.5 Å². The molecule has 3 aromatic rings. The standard InChI is InChI=1S/C29H28FN3O2/c30-22-9-5-19(6-10-22)21-17-26-28(27(34)18-21)29(32-25-4-2-1-3-24(25)31-26)20-7-11-23(12-8-20)33-13-15-35-16-14-33/h1-12,21,29,31-32H,13-18H2. The highest BCUT2D eigenvalue weighted by molar-refractivity contribution is 6.01. The second-order valence-corrected chi connectivity index (χ2v) is 9.41. The van der Waals surface area contributed by atoms with E-state index in [1.54, 1.807) is 12.1 Å². The number of morpholine rings is 1. The summed E-state index contributed by atoms with van der Waals surface area (Å²) < 4.78 is 19.0. The number of para-hydroxylation sites is 2. The van der Waals surface area contributed by atoms with Crippen LogP contribution in [0, 0.1) is 5.82 Å². The van der Waals surface area contributed by atoms with E-state index >= 15 is 0 Å². The summed E-state index contributed by atoms with van der Waals surface area (Å²) in [5.41, 5.74) is 6.88. The molecule has 6 heteroatoms. The molecule has 6 rings (SSSR count). The van der Waals surface area contributed by atoms with Crippen molar-refractivity contribution in [1.29, 1.82) is 0 Å². The number of hydrogen-bond acceptors (Lipinski definition) is 5. The zero-order chi connectivity index (χ0) is 23.8. The lowest BCUT2D eigenvalue weighted by Gasteiger charge is -2.31. The minimum Gasteiger partial charge on any atom is -0.378 e. The van der Waals surface area contributed by atoms with E-state index in [-0.39, 0.29) is 23.6 Å². The van der Waals surface area contributed by atoms with Crippen LogP contribution in [-0.2, 0) is 9.53 Å². The predicted octanol–water partition coefficient (Wildman–Crippen LogP) is 5.64. The zero-order valence-corrected chi connectivity index (χ0v) is 19.5. The van der Waals surface area contributed by atoms with E-state index in [0.29, 0.717) is 12.8 Å². The van der Waals surface area contributed by atoms with E-state index in [4.69, 9.17) is 4.74 Å². The molecular formula is C29H28FN3O2. The molecule has 0 amide bonds. The minimum atomic E-state index is -0.262. The third-order valence-corrected chi connectivity index (χ3v) is 7.25. The van der Waals surface area contributed by atoms with Crippen LogP contribution in [0.15, 0.2) is 84.1 Å². The molecule has 0 aromatic heterocycles. The van der Waals surface area contributed by atoms with Gasteiger partial charge in [-0.3, -0.25) is 4.79 Å². The van der Waals surface area contributed by atoms with Crippen LogP contribution in [0.1, 0.15) is 35.9 Å². The van der Waals surface area contributed by atoms with Crippen molar-refractivity contribution in [3.05, 3.63) is 101 Å². The molecule has 0 radical (unpaired) electrons. The second kappa shape index (κ2) is 9.19. The highest BCUT2D eigenvalue weighted by Gasteiger charge is 2.36. The van der Waals surface area contributed by atoms with Crippen molar-refractivity contribution in [2.45, 2.75) is 24.8 Å². The maximum absolute atomic E-state index is 13.6. The molecule has 2 heterocycles. The van der Waals surface area contributed by atoms with Gasteiger partial charge in [0, 0.05) is 36.5 Å². The normalized spacial score (nSPS) is 22.0. The van der Waals surface area contributed by atoms with E-state index < -0.39 is 0 Å².